The van der Waals surface area contributed by atoms with Crippen LogP contribution in [-0.2, 0) is 6.42 Å². The number of anilines is 2. The van der Waals surface area contributed by atoms with E-state index >= 15 is 0 Å². The molecule has 0 radical (unpaired) electrons. The van der Waals surface area contributed by atoms with Gasteiger partial charge in [0.05, 0.1) is 5.92 Å². The minimum Gasteiger partial charge on any atom is -0.399 e. The van der Waals surface area contributed by atoms with Gasteiger partial charge in [-0.2, -0.15) is 0 Å². The molecule has 0 fully saturated rings. The standard InChI is InChI=1S/C36H33N.C15H15N/c1-4-29-24-34(33-21-26(3)20-28(23-33)22-27-12-8-6-9-13-27)25-35(36(29)37-5-2)32-18-16-31(17-19-32)30-14-10-7-11-15-30;1-12-6-3-2-4-7-13(10-12)14-8-5-9-15(16)11-14/h4,6-21,23-25,37H,1,5,22H2,2-3H3;3,5-6,8-11,13H,2,16H2,1H3/b;6-3-,12-10-/t;13-/m.1/s1. The summed E-state index contributed by atoms with van der Waals surface area (Å²) in [6, 6.07) is 49.5. The van der Waals surface area contributed by atoms with Crippen molar-refractivity contribution in [2.24, 2.45) is 0 Å². The Hall–Kier alpha value is -6.30. The number of hydrogen-bond acceptors (Lipinski definition) is 2. The Morgan fingerprint density at radius 3 is 2.13 bits per heavy atom. The van der Waals surface area contributed by atoms with E-state index in [1.54, 1.807) is 0 Å². The second kappa shape index (κ2) is 17.8. The molecule has 0 bridgehead atoms. The van der Waals surface area contributed by atoms with E-state index in [-0.39, 0.29) is 5.92 Å². The molecule has 3 N–H and O–H groups in total. The first-order valence-electron chi connectivity index (χ1n) is 18.4. The quantitative estimate of drug-likeness (QED) is 0.117. The van der Waals surface area contributed by atoms with Crippen molar-refractivity contribution in [1.82, 2.24) is 0 Å². The summed E-state index contributed by atoms with van der Waals surface area (Å²) in [5.41, 5.74) is 22.4. The molecule has 6 aromatic rings. The van der Waals surface area contributed by atoms with Crippen LogP contribution in [0.4, 0.5) is 11.4 Å². The van der Waals surface area contributed by atoms with Crippen LogP contribution < -0.4 is 11.1 Å². The predicted molar refractivity (Wildman–Crippen MR) is 230 cm³/mol. The Labute approximate surface area is 316 Å². The Morgan fingerprint density at radius 2 is 1.42 bits per heavy atom. The highest BCUT2D eigenvalue weighted by Crippen LogP contribution is 2.38. The van der Waals surface area contributed by atoms with E-state index in [1.807, 2.05) is 24.3 Å². The van der Waals surface area contributed by atoms with Crippen LogP contribution in [0.25, 0.3) is 39.5 Å². The molecule has 0 saturated heterocycles. The average Bonchev–Trinajstić information content (AvgIpc) is 3.17. The number of rotatable bonds is 9. The summed E-state index contributed by atoms with van der Waals surface area (Å²) in [5.74, 6) is 6.58. The minimum absolute atomic E-state index is 0.161. The second-order valence-corrected chi connectivity index (χ2v) is 13.5. The fraction of sp³-hybridized carbons (Fsp3) is 0.137. The topological polar surface area (TPSA) is 38.0 Å². The molecule has 0 aromatic heterocycles. The normalized spacial score (nSPS) is 14.8. The SMILES string of the molecule is C=Cc1cc(-c2cc(C)cc(Cc3ccccc3)c2)cc(-c2ccc(-c3ccccc3)cc2)c1NCC.CC1=C/[C@H](c2cccc(N)c2)C#CC/C=C\1. The van der Waals surface area contributed by atoms with Gasteiger partial charge in [-0.25, -0.2) is 0 Å². The summed E-state index contributed by atoms with van der Waals surface area (Å²) in [6.07, 6.45) is 10.1. The van der Waals surface area contributed by atoms with Crippen molar-refractivity contribution >= 4 is 17.5 Å². The molecule has 0 spiro atoms. The van der Waals surface area contributed by atoms with Crippen LogP contribution >= 0.6 is 0 Å². The van der Waals surface area contributed by atoms with Gasteiger partial charge in [0.25, 0.3) is 0 Å². The summed E-state index contributed by atoms with van der Waals surface area (Å²) < 4.78 is 0. The molecule has 6 aromatic carbocycles. The molecule has 1 aliphatic rings. The van der Waals surface area contributed by atoms with Gasteiger partial charge >= 0.3 is 0 Å². The molecule has 1 aliphatic carbocycles. The third-order valence-corrected chi connectivity index (χ3v) is 9.32. The van der Waals surface area contributed by atoms with Crippen molar-refractivity contribution in [2.75, 3.05) is 17.6 Å². The maximum atomic E-state index is 5.79. The lowest BCUT2D eigenvalue weighted by molar-refractivity contribution is 1.10. The van der Waals surface area contributed by atoms with E-state index in [0.717, 1.165) is 36.3 Å². The van der Waals surface area contributed by atoms with E-state index in [9.17, 15) is 0 Å². The predicted octanol–water partition coefficient (Wildman–Crippen LogP) is 12.9. The van der Waals surface area contributed by atoms with E-state index in [2.05, 4.69) is 184 Å². The van der Waals surface area contributed by atoms with Crippen molar-refractivity contribution < 1.29 is 0 Å². The molecule has 0 aliphatic heterocycles. The van der Waals surface area contributed by atoms with E-state index in [4.69, 9.17) is 5.73 Å². The van der Waals surface area contributed by atoms with E-state index < -0.39 is 0 Å². The zero-order valence-electron chi connectivity index (χ0n) is 31.1. The molecule has 0 amide bonds. The molecule has 0 saturated carbocycles. The number of benzene rings is 6. The first-order chi connectivity index (χ1) is 25.9. The van der Waals surface area contributed by atoms with E-state index in [1.165, 1.54) is 61.2 Å². The van der Waals surface area contributed by atoms with Crippen LogP contribution in [-0.4, -0.2) is 6.54 Å². The van der Waals surface area contributed by atoms with Crippen LogP contribution in [0, 0.1) is 18.8 Å². The lowest BCUT2D eigenvalue weighted by Gasteiger charge is -2.18. The largest absolute Gasteiger partial charge is 0.399 e. The van der Waals surface area contributed by atoms with E-state index in [0.29, 0.717) is 0 Å². The third-order valence-electron chi connectivity index (χ3n) is 9.32. The van der Waals surface area contributed by atoms with Gasteiger partial charge in [-0.05, 0) is 102 Å². The summed E-state index contributed by atoms with van der Waals surface area (Å²) in [7, 11) is 0. The highest BCUT2D eigenvalue weighted by atomic mass is 14.9. The van der Waals surface area contributed by atoms with Crippen molar-refractivity contribution in [3.05, 3.63) is 198 Å². The van der Waals surface area contributed by atoms with Gasteiger partial charge in [0.1, 0.15) is 0 Å². The van der Waals surface area contributed by atoms with Crippen LogP contribution in [0.15, 0.2) is 170 Å². The number of hydrogen-bond donors (Lipinski definition) is 2. The van der Waals surface area contributed by atoms with Gasteiger partial charge in [0.2, 0.25) is 0 Å². The summed E-state index contributed by atoms with van der Waals surface area (Å²) >= 11 is 0. The van der Waals surface area contributed by atoms with Gasteiger partial charge in [-0.3, -0.25) is 0 Å². The number of allylic oxidation sites excluding steroid dienone is 4. The zero-order valence-corrected chi connectivity index (χ0v) is 31.1. The molecular weight excluding hydrogens is 641 g/mol. The Morgan fingerprint density at radius 1 is 0.717 bits per heavy atom. The van der Waals surface area contributed by atoms with Gasteiger partial charge in [-0.15, -0.1) is 0 Å². The molecule has 1 atom stereocenters. The first-order valence-corrected chi connectivity index (χ1v) is 18.4. The smallest absolute Gasteiger partial charge is 0.0639 e. The van der Waals surface area contributed by atoms with Gasteiger partial charge in [0, 0.05) is 29.9 Å². The van der Waals surface area contributed by atoms with Crippen LogP contribution in [0.5, 0.6) is 0 Å². The summed E-state index contributed by atoms with van der Waals surface area (Å²) in [4.78, 5) is 0. The molecule has 2 heteroatoms. The van der Waals surface area contributed by atoms with Crippen molar-refractivity contribution in [2.45, 2.75) is 39.5 Å². The van der Waals surface area contributed by atoms with Crippen LogP contribution in [0.1, 0.15) is 54.0 Å². The highest BCUT2D eigenvalue weighted by Gasteiger charge is 2.14. The molecule has 2 nitrogen and oxygen atoms in total. The second-order valence-electron chi connectivity index (χ2n) is 13.5. The Bertz CT molecular complexity index is 2280. The summed E-state index contributed by atoms with van der Waals surface area (Å²) in [5, 5.41) is 3.60. The first kappa shape index (κ1) is 36.5. The number of nitrogens with one attached hydrogen (secondary N) is 1. The lowest BCUT2D eigenvalue weighted by atomic mass is 9.91. The molecule has 7 rings (SSSR count). The Balaban J connectivity index is 0.000000250. The number of nitrogen functional groups attached to an aromatic ring is 1. The monoisotopic (exact) mass is 688 g/mol. The maximum Gasteiger partial charge on any atom is 0.0639 e. The molecule has 0 unspecified atom stereocenters. The molecule has 53 heavy (non-hydrogen) atoms. The fourth-order valence-electron chi connectivity index (χ4n) is 6.79. The lowest BCUT2D eigenvalue weighted by Crippen LogP contribution is -2.02. The van der Waals surface area contributed by atoms with Gasteiger partial charge < -0.3 is 11.1 Å². The zero-order chi connectivity index (χ0) is 37.0. The van der Waals surface area contributed by atoms with Gasteiger partial charge in [-0.1, -0.05) is 169 Å². The Kier molecular flexibility index (Phi) is 12.2. The fourth-order valence-corrected chi connectivity index (χ4v) is 6.79. The molecular formula is C51H48N2. The minimum atomic E-state index is 0.161. The maximum absolute atomic E-state index is 5.79. The molecule has 262 valence electrons. The molecule has 0 heterocycles. The van der Waals surface area contributed by atoms with Gasteiger partial charge in [0.15, 0.2) is 0 Å². The number of aryl methyl sites for hydroxylation is 1. The highest BCUT2D eigenvalue weighted by molar-refractivity contribution is 5.90. The van der Waals surface area contributed by atoms with Crippen molar-refractivity contribution in [3.8, 4) is 45.2 Å². The third kappa shape index (κ3) is 9.73. The van der Waals surface area contributed by atoms with Crippen molar-refractivity contribution in [3.63, 3.8) is 0 Å². The summed E-state index contributed by atoms with van der Waals surface area (Å²) in [6.45, 7) is 11.4. The number of nitrogens with two attached hydrogens (primary N) is 1. The average molecular weight is 689 g/mol. The van der Waals surface area contributed by atoms with Crippen molar-refractivity contribution in [1.29, 1.82) is 0 Å². The van der Waals surface area contributed by atoms with Crippen LogP contribution in [0.3, 0.4) is 0 Å². The van der Waals surface area contributed by atoms with Crippen LogP contribution in [0.2, 0.25) is 0 Å².